The van der Waals surface area contributed by atoms with Gasteiger partial charge in [-0.15, -0.1) is 0 Å². The van der Waals surface area contributed by atoms with Gasteiger partial charge < -0.3 is 24.1 Å². The standard InChI is InChI=1S/C29H28BrIN2O8S/c1-5-7-19-24(28(37)40-6-2)25(17-13-16(30)8-9-20(17)38-3)33-27(36)22(42-29(33)32-19)12-15-10-18(31)26(21(11-15)39-4)41-14-23(34)35/h8-13,25H,5-7,14H2,1-4H3,(H,34,35)/b22-12+/t25-/m1/s1. The van der Waals surface area contributed by atoms with Crippen molar-refractivity contribution >= 4 is 67.9 Å². The fourth-order valence-corrected chi connectivity index (χ4v) is 6.76. The van der Waals surface area contributed by atoms with Gasteiger partial charge in [-0.05, 0) is 77.9 Å². The van der Waals surface area contributed by atoms with Crippen molar-refractivity contribution in [2.45, 2.75) is 32.7 Å². The third kappa shape index (κ3) is 6.57. The van der Waals surface area contributed by atoms with Crippen molar-refractivity contribution in [1.82, 2.24) is 4.57 Å². The van der Waals surface area contributed by atoms with E-state index in [1.165, 1.54) is 30.1 Å². The summed E-state index contributed by atoms with van der Waals surface area (Å²) in [6, 6.07) is 8.03. The molecule has 0 radical (unpaired) electrons. The topological polar surface area (TPSA) is 126 Å². The van der Waals surface area contributed by atoms with Gasteiger partial charge in [-0.3, -0.25) is 9.36 Å². The van der Waals surface area contributed by atoms with Gasteiger partial charge in [0, 0.05) is 10.0 Å². The smallest absolute Gasteiger partial charge is 0.341 e. The zero-order chi connectivity index (χ0) is 30.6. The van der Waals surface area contributed by atoms with Crippen LogP contribution in [0.15, 0.2) is 55.9 Å². The molecule has 42 heavy (non-hydrogen) atoms. The van der Waals surface area contributed by atoms with Crippen LogP contribution in [0.5, 0.6) is 17.2 Å². The largest absolute Gasteiger partial charge is 0.496 e. The number of methoxy groups -OCH3 is 2. The SMILES string of the molecule is CCCC1=C(C(=O)OCC)[C@@H](c2cc(Br)ccc2OC)n2c(s/c(=C/c3cc(I)c(OCC(=O)O)c(OC)c3)c2=O)=N1. The Morgan fingerprint density at radius 1 is 1.17 bits per heavy atom. The fourth-order valence-electron chi connectivity index (χ4n) is 4.58. The van der Waals surface area contributed by atoms with Crippen LogP contribution in [0, 0.1) is 3.57 Å². The first-order valence-electron chi connectivity index (χ1n) is 12.9. The molecule has 1 atom stereocenters. The molecule has 0 fully saturated rings. The van der Waals surface area contributed by atoms with E-state index >= 15 is 0 Å². The van der Waals surface area contributed by atoms with E-state index in [0.717, 1.165) is 10.9 Å². The van der Waals surface area contributed by atoms with Crippen LogP contribution in [-0.4, -0.2) is 49.0 Å². The van der Waals surface area contributed by atoms with Crippen LogP contribution in [0.3, 0.4) is 0 Å². The summed E-state index contributed by atoms with van der Waals surface area (Å²) >= 11 is 6.75. The van der Waals surface area contributed by atoms with Gasteiger partial charge in [0.2, 0.25) is 0 Å². The lowest BCUT2D eigenvalue weighted by molar-refractivity contribution is -0.140. The Morgan fingerprint density at radius 3 is 2.55 bits per heavy atom. The second-order valence-electron chi connectivity index (χ2n) is 9.02. The maximum Gasteiger partial charge on any atom is 0.341 e. The van der Waals surface area contributed by atoms with Gasteiger partial charge in [-0.25, -0.2) is 14.6 Å². The first-order valence-corrected chi connectivity index (χ1v) is 15.6. The van der Waals surface area contributed by atoms with Crippen molar-refractivity contribution in [3.8, 4) is 17.2 Å². The molecule has 4 rings (SSSR count). The summed E-state index contributed by atoms with van der Waals surface area (Å²) in [5, 5.41) is 9.01. The molecule has 1 aromatic heterocycles. The van der Waals surface area contributed by atoms with Crippen LogP contribution in [0.4, 0.5) is 0 Å². The summed E-state index contributed by atoms with van der Waals surface area (Å²) < 4.78 is 25.2. The van der Waals surface area contributed by atoms with Gasteiger partial charge in [0.05, 0.1) is 40.2 Å². The van der Waals surface area contributed by atoms with Gasteiger partial charge in [0.1, 0.15) is 11.8 Å². The first-order chi connectivity index (χ1) is 20.1. The van der Waals surface area contributed by atoms with Crippen molar-refractivity contribution < 1.29 is 33.6 Å². The molecule has 0 aliphatic carbocycles. The second-order valence-corrected chi connectivity index (χ2v) is 12.1. The number of thiazole rings is 1. The van der Waals surface area contributed by atoms with Crippen molar-refractivity contribution in [3.05, 3.63) is 80.5 Å². The molecule has 1 aliphatic heterocycles. The molecule has 0 amide bonds. The number of carboxylic acid groups (broad SMARTS) is 1. The molecule has 10 nitrogen and oxygen atoms in total. The van der Waals surface area contributed by atoms with Gasteiger partial charge in [0.25, 0.3) is 5.56 Å². The highest BCUT2D eigenvalue weighted by Crippen LogP contribution is 2.38. The highest BCUT2D eigenvalue weighted by atomic mass is 127. The van der Waals surface area contributed by atoms with E-state index in [2.05, 4.69) is 15.9 Å². The van der Waals surface area contributed by atoms with Crippen LogP contribution in [0.2, 0.25) is 0 Å². The molecule has 13 heteroatoms. The Balaban J connectivity index is 1.98. The number of carboxylic acids is 1. The number of aromatic nitrogens is 1. The fraction of sp³-hybridized carbons (Fsp3) is 0.310. The van der Waals surface area contributed by atoms with Crippen molar-refractivity contribution in [2.75, 3.05) is 27.4 Å². The van der Waals surface area contributed by atoms with Crippen LogP contribution < -0.4 is 29.1 Å². The number of aliphatic carboxylic acids is 1. The molecule has 0 saturated carbocycles. The Bertz CT molecular complexity index is 1750. The van der Waals surface area contributed by atoms with Gasteiger partial charge >= 0.3 is 11.9 Å². The zero-order valence-corrected chi connectivity index (χ0v) is 27.8. The predicted octanol–water partition coefficient (Wildman–Crippen LogP) is 4.43. The number of fused-ring (bicyclic) bond motifs is 1. The van der Waals surface area contributed by atoms with E-state index in [0.29, 0.717) is 59.0 Å². The number of hydrogen-bond acceptors (Lipinski definition) is 9. The molecule has 0 spiro atoms. The van der Waals surface area contributed by atoms with Crippen molar-refractivity contribution in [2.24, 2.45) is 4.99 Å². The van der Waals surface area contributed by atoms with Gasteiger partial charge in [-0.2, -0.15) is 0 Å². The Hall–Kier alpha value is -3.17. The lowest BCUT2D eigenvalue weighted by atomic mass is 9.93. The third-order valence-electron chi connectivity index (χ3n) is 6.27. The van der Waals surface area contributed by atoms with Crippen LogP contribution >= 0.6 is 49.9 Å². The van der Waals surface area contributed by atoms with Crippen molar-refractivity contribution in [3.63, 3.8) is 0 Å². The molecule has 0 unspecified atom stereocenters. The number of hydrogen-bond donors (Lipinski definition) is 1. The maximum absolute atomic E-state index is 14.1. The molecule has 2 aromatic carbocycles. The quantitative estimate of drug-likeness (QED) is 0.225. The van der Waals surface area contributed by atoms with E-state index < -0.39 is 24.6 Å². The molecular formula is C29H28BrIN2O8S. The normalized spacial score (nSPS) is 14.7. The minimum atomic E-state index is -1.11. The lowest BCUT2D eigenvalue weighted by Crippen LogP contribution is -2.40. The van der Waals surface area contributed by atoms with Crippen LogP contribution in [-0.2, 0) is 14.3 Å². The summed E-state index contributed by atoms with van der Waals surface area (Å²) in [6.45, 7) is 3.37. The van der Waals surface area contributed by atoms with E-state index in [4.69, 9.17) is 29.0 Å². The Labute approximate surface area is 267 Å². The monoisotopic (exact) mass is 770 g/mol. The number of carbonyl (C=O) groups is 2. The summed E-state index contributed by atoms with van der Waals surface area (Å²) in [7, 11) is 2.99. The average molecular weight is 771 g/mol. The number of esters is 1. The third-order valence-corrected chi connectivity index (χ3v) is 8.55. The van der Waals surface area contributed by atoms with E-state index in [-0.39, 0.29) is 12.2 Å². The highest BCUT2D eigenvalue weighted by Gasteiger charge is 2.36. The molecule has 3 aromatic rings. The number of halogens is 2. The van der Waals surface area contributed by atoms with Crippen LogP contribution in [0.1, 0.15) is 43.9 Å². The molecule has 0 saturated heterocycles. The second kappa shape index (κ2) is 13.9. The van der Waals surface area contributed by atoms with Crippen LogP contribution in [0.25, 0.3) is 6.08 Å². The van der Waals surface area contributed by atoms with E-state index in [1.54, 1.807) is 31.2 Å². The number of rotatable bonds is 11. The molecule has 0 bridgehead atoms. The molecular weight excluding hydrogens is 743 g/mol. The van der Waals surface area contributed by atoms with Crippen molar-refractivity contribution in [1.29, 1.82) is 0 Å². The lowest BCUT2D eigenvalue weighted by Gasteiger charge is -2.27. The molecule has 2 heterocycles. The average Bonchev–Trinajstić information content (AvgIpc) is 3.25. The number of ether oxygens (including phenoxy) is 4. The minimum Gasteiger partial charge on any atom is -0.496 e. The van der Waals surface area contributed by atoms with E-state index in [9.17, 15) is 14.4 Å². The Morgan fingerprint density at radius 2 is 1.90 bits per heavy atom. The summed E-state index contributed by atoms with van der Waals surface area (Å²) in [5.74, 6) is -0.520. The molecule has 1 N–H and O–H groups in total. The summed E-state index contributed by atoms with van der Waals surface area (Å²) in [5.41, 5.74) is 1.77. The first kappa shape index (κ1) is 31.8. The number of carbonyl (C=O) groups excluding carboxylic acids is 1. The van der Waals surface area contributed by atoms with Gasteiger partial charge in [-0.1, -0.05) is 40.6 Å². The summed E-state index contributed by atoms with van der Waals surface area (Å²) in [6.07, 6.45) is 2.95. The minimum absolute atomic E-state index is 0.168. The number of benzene rings is 2. The predicted molar refractivity (Wildman–Crippen MR) is 169 cm³/mol. The molecule has 1 aliphatic rings. The highest BCUT2D eigenvalue weighted by molar-refractivity contribution is 14.1. The number of allylic oxidation sites excluding steroid dienone is 1. The van der Waals surface area contributed by atoms with E-state index in [1.807, 2.05) is 41.6 Å². The number of nitrogens with zero attached hydrogens (tertiary/aromatic N) is 2. The summed E-state index contributed by atoms with van der Waals surface area (Å²) in [4.78, 5) is 43.8. The maximum atomic E-state index is 14.1. The molecule has 222 valence electrons. The zero-order valence-electron chi connectivity index (χ0n) is 23.2. The Kier molecular flexibility index (Phi) is 10.5. The van der Waals surface area contributed by atoms with Gasteiger partial charge in [0.15, 0.2) is 22.9 Å².